The van der Waals surface area contributed by atoms with Crippen LogP contribution in [0.15, 0.2) is 90.6 Å². The minimum Gasteiger partial charge on any atom is -0.497 e. The Hall–Kier alpha value is -4.84. The van der Waals surface area contributed by atoms with Gasteiger partial charge in [-0.05, 0) is 74.1 Å². The molecular weight excluding hydrogens is 629 g/mol. The monoisotopic (exact) mass is 680 g/mol. The number of rotatable bonds is 6. The molecule has 1 aliphatic rings. The molecule has 0 aliphatic heterocycles. The third kappa shape index (κ3) is 6.34. The van der Waals surface area contributed by atoms with Crippen LogP contribution in [0.4, 0.5) is 0 Å². The summed E-state index contributed by atoms with van der Waals surface area (Å²) in [5, 5.41) is 7.80. The molecule has 1 aliphatic carbocycles. The van der Waals surface area contributed by atoms with Gasteiger partial charge >= 0.3 is 0 Å². The lowest BCUT2D eigenvalue weighted by Gasteiger charge is -2.36. The van der Waals surface area contributed by atoms with Crippen molar-refractivity contribution in [3.8, 4) is 28.8 Å². The molecule has 0 spiro atoms. The first kappa shape index (κ1) is 34.6. The van der Waals surface area contributed by atoms with Crippen molar-refractivity contribution in [3.63, 3.8) is 0 Å². The molecule has 0 saturated carbocycles. The van der Waals surface area contributed by atoms with Gasteiger partial charge in [0.2, 0.25) is 0 Å². The molecular formula is C45H52N4O2. The Morgan fingerprint density at radius 2 is 1.51 bits per heavy atom. The van der Waals surface area contributed by atoms with Crippen molar-refractivity contribution in [2.45, 2.75) is 92.4 Å². The molecule has 6 aromatic rings. The highest BCUT2D eigenvalue weighted by atomic mass is 16.5. The van der Waals surface area contributed by atoms with E-state index in [0.717, 1.165) is 56.1 Å². The number of para-hydroxylation sites is 1. The van der Waals surface area contributed by atoms with E-state index in [1.165, 1.54) is 28.9 Å². The van der Waals surface area contributed by atoms with Crippen LogP contribution < -0.4 is 9.47 Å². The number of aryl methyl sites for hydroxylation is 1. The van der Waals surface area contributed by atoms with E-state index in [9.17, 15) is 0 Å². The second-order valence-corrected chi connectivity index (χ2v) is 16.8. The Labute approximate surface area is 303 Å². The van der Waals surface area contributed by atoms with E-state index >= 15 is 0 Å². The number of aromatic nitrogens is 4. The predicted molar refractivity (Wildman–Crippen MR) is 210 cm³/mol. The Bertz CT molecular complexity index is 2290. The van der Waals surface area contributed by atoms with Gasteiger partial charge in [0, 0.05) is 57.5 Å². The standard InChI is InChI=1S/C45H52N4O2/c1-27-20-29(3)40(30(4)21-27)41-42(44(5,6)7)47-49(43(41)45(8,9)10)31-22-28(2)23-34(24-31)51-33-16-17-36-35-14-12-13-15-37(35)48(38(36)25-33)39-26-32(50-11)18-19-46-39/h12-20,22-27,30,40H,21H2,1-11H3/t27-,30-,40?/m0/s1. The number of nitrogens with zero attached hydrogens (tertiary/aromatic N) is 4. The van der Waals surface area contributed by atoms with Gasteiger partial charge in [0.1, 0.15) is 23.1 Å². The Kier molecular flexibility index (Phi) is 8.64. The van der Waals surface area contributed by atoms with E-state index < -0.39 is 0 Å². The quantitative estimate of drug-likeness (QED) is 0.164. The fourth-order valence-electron chi connectivity index (χ4n) is 8.45. The first-order chi connectivity index (χ1) is 24.1. The lowest BCUT2D eigenvalue weighted by atomic mass is 9.68. The SMILES string of the molecule is COc1ccnc(-n2c3ccccc3c3ccc(Oc4cc(C)cc(-n5nc(C(C)(C)C)c(C6C(C)=C[C@H](C)C[C@@H]6C)c5C(C)(C)C)c4)cc32)c1. The number of ether oxygens (including phenoxy) is 2. The van der Waals surface area contributed by atoms with Crippen LogP contribution in [0.2, 0.25) is 0 Å². The average Bonchev–Trinajstić information content (AvgIpc) is 3.61. The fraction of sp³-hybridized carbons (Fsp3) is 0.378. The van der Waals surface area contributed by atoms with Crippen LogP contribution >= 0.6 is 0 Å². The largest absolute Gasteiger partial charge is 0.497 e. The molecule has 0 saturated heterocycles. The van der Waals surface area contributed by atoms with Crippen molar-refractivity contribution in [3.05, 3.63) is 113 Å². The molecule has 264 valence electrons. The summed E-state index contributed by atoms with van der Waals surface area (Å²) < 4.78 is 16.7. The number of hydrogen-bond donors (Lipinski definition) is 0. The normalized spacial score (nSPS) is 18.3. The molecule has 6 nitrogen and oxygen atoms in total. The molecule has 3 aromatic heterocycles. The van der Waals surface area contributed by atoms with E-state index in [1.807, 2.05) is 12.1 Å². The minimum absolute atomic E-state index is 0.127. The first-order valence-electron chi connectivity index (χ1n) is 18.3. The zero-order valence-electron chi connectivity index (χ0n) is 32.1. The van der Waals surface area contributed by atoms with E-state index in [1.54, 1.807) is 13.3 Å². The third-order valence-corrected chi connectivity index (χ3v) is 10.3. The smallest absolute Gasteiger partial charge is 0.141 e. The molecule has 3 heterocycles. The van der Waals surface area contributed by atoms with Crippen molar-refractivity contribution < 1.29 is 9.47 Å². The number of hydrogen-bond acceptors (Lipinski definition) is 4. The van der Waals surface area contributed by atoms with E-state index in [0.29, 0.717) is 17.8 Å². The maximum Gasteiger partial charge on any atom is 0.141 e. The summed E-state index contributed by atoms with van der Waals surface area (Å²) in [6, 6.07) is 25.1. The van der Waals surface area contributed by atoms with E-state index in [4.69, 9.17) is 19.6 Å². The lowest BCUT2D eigenvalue weighted by molar-refractivity contribution is 0.382. The minimum atomic E-state index is -0.147. The molecule has 1 unspecified atom stereocenters. The van der Waals surface area contributed by atoms with Gasteiger partial charge in [-0.1, -0.05) is 85.2 Å². The van der Waals surface area contributed by atoms with Crippen molar-refractivity contribution in [1.82, 2.24) is 19.3 Å². The van der Waals surface area contributed by atoms with Crippen molar-refractivity contribution >= 4 is 21.8 Å². The summed E-state index contributed by atoms with van der Waals surface area (Å²) in [7, 11) is 1.68. The predicted octanol–water partition coefficient (Wildman–Crippen LogP) is 11.8. The Morgan fingerprint density at radius 1 is 0.765 bits per heavy atom. The van der Waals surface area contributed by atoms with Crippen molar-refractivity contribution in [2.75, 3.05) is 7.11 Å². The number of allylic oxidation sites excluding steroid dienone is 2. The maximum absolute atomic E-state index is 6.74. The molecule has 0 amide bonds. The van der Waals surface area contributed by atoms with Crippen LogP contribution in [0.5, 0.6) is 17.2 Å². The molecule has 0 fully saturated rings. The van der Waals surface area contributed by atoms with Crippen LogP contribution in [-0.4, -0.2) is 26.4 Å². The Balaban J connectivity index is 1.36. The molecule has 0 N–H and O–H groups in total. The number of methoxy groups -OCH3 is 1. The average molecular weight is 681 g/mol. The van der Waals surface area contributed by atoms with Gasteiger partial charge in [0.25, 0.3) is 0 Å². The van der Waals surface area contributed by atoms with Gasteiger partial charge in [0.15, 0.2) is 0 Å². The summed E-state index contributed by atoms with van der Waals surface area (Å²) >= 11 is 0. The Morgan fingerprint density at radius 3 is 2.22 bits per heavy atom. The third-order valence-electron chi connectivity index (χ3n) is 10.3. The van der Waals surface area contributed by atoms with E-state index in [-0.39, 0.29) is 10.8 Å². The van der Waals surface area contributed by atoms with Gasteiger partial charge in [-0.2, -0.15) is 5.10 Å². The molecule has 3 atom stereocenters. The topological polar surface area (TPSA) is 54.1 Å². The number of benzene rings is 3. The highest BCUT2D eigenvalue weighted by Crippen LogP contribution is 2.48. The fourth-order valence-corrected chi connectivity index (χ4v) is 8.45. The summed E-state index contributed by atoms with van der Waals surface area (Å²) in [6.45, 7) is 23.1. The molecule has 51 heavy (non-hydrogen) atoms. The van der Waals surface area contributed by atoms with Gasteiger partial charge in [-0.15, -0.1) is 0 Å². The second-order valence-electron chi connectivity index (χ2n) is 16.8. The van der Waals surface area contributed by atoms with E-state index in [2.05, 4.69) is 145 Å². The summed E-state index contributed by atoms with van der Waals surface area (Å²) in [6.07, 6.45) is 5.45. The van der Waals surface area contributed by atoms with Crippen LogP contribution in [0.3, 0.4) is 0 Å². The molecule has 3 aromatic carbocycles. The maximum atomic E-state index is 6.74. The molecule has 0 bridgehead atoms. The van der Waals surface area contributed by atoms with Gasteiger partial charge in [0.05, 0.1) is 35.2 Å². The summed E-state index contributed by atoms with van der Waals surface area (Å²) in [4.78, 5) is 4.73. The lowest BCUT2D eigenvalue weighted by Crippen LogP contribution is -2.27. The van der Waals surface area contributed by atoms with Crippen LogP contribution in [0, 0.1) is 18.8 Å². The van der Waals surface area contributed by atoms with Crippen LogP contribution in [0.25, 0.3) is 33.3 Å². The first-order valence-corrected chi connectivity index (χ1v) is 18.3. The van der Waals surface area contributed by atoms with Crippen molar-refractivity contribution in [1.29, 1.82) is 0 Å². The van der Waals surface area contributed by atoms with Gasteiger partial charge in [-0.3, -0.25) is 4.57 Å². The zero-order valence-corrected chi connectivity index (χ0v) is 32.1. The highest BCUT2D eigenvalue weighted by Gasteiger charge is 2.39. The number of pyridine rings is 1. The van der Waals surface area contributed by atoms with Crippen LogP contribution in [-0.2, 0) is 10.8 Å². The molecule has 6 heteroatoms. The van der Waals surface area contributed by atoms with Crippen LogP contribution in [0.1, 0.15) is 97.2 Å². The summed E-state index contributed by atoms with van der Waals surface area (Å²) in [5.74, 6) is 4.53. The van der Waals surface area contributed by atoms with Gasteiger partial charge in [-0.25, -0.2) is 9.67 Å². The zero-order chi connectivity index (χ0) is 36.4. The molecule has 0 radical (unpaired) electrons. The number of fused-ring (bicyclic) bond motifs is 3. The summed E-state index contributed by atoms with van der Waals surface area (Å²) in [5.41, 5.74) is 9.27. The molecule has 7 rings (SSSR count). The highest BCUT2D eigenvalue weighted by molar-refractivity contribution is 6.09. The second kappa shape index (κ2) is 12.7. The van der Waals surface area contributed by atoms with Gasteiger partial charge < -0.3 is 9.47 Å². The van der Waals surface area contributed by atoms with Crippen molar-refractivity contribution in [2.24, 2.45) is 11.8 Å².